The van der Waals surface area contributed by atoms with Gasteiger partial charge in [0.25, 0.3) is 0 Å². The fourth-order valence-corrected chi connectivity index (χ4v) is 3.91. The molecule has 3 rings (SSSR count). The number of nitrogens with one attached hydrogen (secondary N) is 2. The lowest BCUT2D eigenvalue weighted by molar-refractivity contribution is -0.126. The SMILES string of the molecule is O=C(Nc1cccc(Cl)c1)[C@@H]1CS[C@@H](Cc2ccccc2F)C(=O)N1. The van der Waals surface area contributed by atoms with E-state index in [2.05, 4.69) is 10.6 Å². The van der Waals surface area contributed by atoms with Gasteiger partial charge in [0.15, 0.2) is 0 Å². The summed E-state index contributed by atoms with van der Waals surface area (Å²) >= 11 is 7.25. The maximum absolute atomic E-state index is 13.7. The lowest BCUT2D eigenvalue weighted by Crippen LogP contribution is -2.52. The van der Waals surface area contributed by atoms with Crippen LogP contribution in [0.25, 0.3) is 0 Å². The molecule has 130 valence electrons. The maximum Gasteiger partial charge on any atom is 0.247 e. The first-order valence-electron chi connectivity index (χ1n) is 7.75. The van der Waals surface area contributed by atoms with Crippen LogP contribution in [-0.2, 0) is 16.0 Å². The van der Waals surface area contributed by atoms with E-state index in [9.17, 15) is 14.0 Å². The van der Waals surface area contributed by atoms with Gasteiger partial charge >= 0.3 is 0 Å². The van der Waals surface area contributed by atoms with E-state index in [4.69, 9.17) is 11.6 Å². The van der Waals surface area contributed by atoms with Crippen molar-refractivity contribution in [3.05, 3.63) is 64.9 Å². The van der Waals surface area contributed by atoms with E-state index in [1.807, 2.05) is 0 Å². The van der Waals surface area contributed by atoms with Crippen LogP contribution in [0.15, 0.2) is 48.5 Å². The summed E-state index contributed by atoms with van der Waals surface area (Å²) in [6.07, 6.45) is 0.297. The lowest BCUT2D eigenvalue weighted by atomic mass is 10.1. The van der Waals surface area contributed by atoms with Gasteiger partial charge in [0.05, 0.1) is 5.25 Å². The normalized spacial score (nSPS) is 20.0. The van der Waals surface area contributed by atoms with E-state index >= 15 is 0 Å². The summed E-state index contributed by atoms with van der Waals surface area (Å²) < 4.78 is 13.7. The Morgan fingerprint density at radius 3 is 2.80 bits per heavy atom. The van der Waals surface area contributed by atoms with Crippen LogP contribution < -0.4 is 10.6 Å². The first-order chi connectivity index (χ1) is 12.0. The highest BCUT2D eigenvalue weighted by Gasteiger charge is 2.32. The highest BCUT2D eigenvalue weighted by atomic mass is 35.5. The molecule has 1 aliphatic heterocycles. The Balaban J connectivity index is 1.59. The van der Waals surface area contributed by atoms with Crippen LogP contribution in [0, 0.1) is 5.82 Å². The minimum atomic E-state index is -0.631. The van der Waals surface area contributed by atoms with Gasteiger partial charge in [0, 0.05) is 16.5 Å². The van der Waals surface area contributed by atoms with E-state index in [-0.39, 0.29) is 17.6 Å². The molecule has 2 N–H and O–H groups in total. The van der Waals surface area contributed by atoms with Crippen molar-refractivity contribution in [3.63, 3.8) is 0 Å². The lowest BCUT2D eigenvalue weighted by Gasteiger charge is -2.28. The summed E-state index contributed by atoms with van der Waals surface area (Å²) in [5.41, 5.74) is 1.07. The van der Waals surface area contributed by atoms with Gasteiger partial charge in [-0.2, -0.15) is 0 Å². The van der Waals surface area contributed by atoms with Crippen LogP contribution in [-0.4, -0.2) is 28.9 Å². The average Bonchev–Trinajstić information content (AvgIpc) is 2.58. The molecule has 2 atom stereocenters. The Morgan fingerprint density at radius 2 is 2.08 bits per heavy atom. The highest BCUT2D eigenvalue weighted by Crippen LogP contribution is 2.24. The molecular formula is C18H16ClFN2O2S. The van der Waals surface area contributed by atoms with Crippen molar-refractivity contribution in [2.45, 2.75) is 17.7 Å². The molecule has 0 spiro atoms. The van der Waals surface area contributed by atoms with Crippen molar-refractivity contribution < 1.29 is 14.0 Å². The molecule has 25 heavy (non-hydrogen) atoms. The van der Waals surface area contributed by atoms with E-state index < -0.39 is 11.3 Å². The molecule has 1 aliphatic rings. The standard InChI is InChI=1S/C18H16ClFN2O2S/c19-12-5-3-6-13(9-12)21-17(23)15-10-25-16(18(24)22-15)8-11-4-1-2-7-14(11)20/h1-7,9,15-16H,8,10H2,(H,21,23)(H,22,24)/t15-,16-/m0/s1. The van der Waals surface area contributed by atoms with Crippen molar-refractivity contribution in [2.24, 2.45) is 0 Å². The Kier molecular flexibility index (Phi) is 5.60. The van der Waals surface area contributed by atoms with Gasteiger partial charge in [0.2, 0.25) is 11.8 Å². The Bertz CT molecular complexity index is 802. The van der Waals surface area contributed by atoms with E-state index in [0.29, 0.717) is 28.4 Å². The van der Waals surface area contributed by atoms with Gasteiger partial charge in [0.1, 0.15) is 11.9 Å². The second kappa shape index (κ2) is 7.89. The Hall–Kier alpha value is -2.05. The van der Waals surface area contributed by atoms with Crippen molar-refractivity contribution >= 4 is 40.9 Å². The second-order valence-electron chi connectivity index (χ2n) is 5.68. The highest BCUT2D eigenvalue weighted by molar-refractivity contribution is 8.00. The third-order valence-corrected chi connectivity index (χ3v) is 5.39. The molecule has 0 aliphatic carbocycles. The second-order valence-corrected chi connectivity index (χ2v) is 7.35. The summed E-state index contributed by atoms with van der Waals surface area (Å²) in [7, 11) is 0. The van der Waals surface area contributed by atoms with E-state index in [0.717, 1.165) is 0 Å². The van der Waals surface area contributed by atoms with Crippen molar-refractivity contribution in [1.29, 1.82) is 0 Å². The van der Waals surface area contributed by atoms with Crippen LogP contribution in [0.3, 0.4) is 0 Å². The van der Waals surface area contributed by atoms with Gasteiger partial charge in [-0.05, 0) is 36.2 Å². The number of halogens is 2. The van der Waals surface area contributed by atoms with Crippen LogP contribution in [0.5, 0.6) is 0 Å². The minimum Gasteiger partial charge on any atom is -0.343 e. The largest absolute Gasteiger partial charge is 0.343 e. The number of rotatable bonds is 4. The predicted octanol–water partition coefficient (Wildman–Crippen LogP) is 3.26. The zero-order chi connectivity index (χ0) is 17.8. The Labute approximate surface area is 154 Å². The molecule has 1 heterocycles. The number of carbonyl (C=O) groups is 2. The first-order valence-corrected chi connectivity index (χ1v) is 9.17. The molecule has 4 nitrogen and oxygen atoms in total. The third kappa shape index (κ3) is 4.52. The van der Waals surface area contributed by atoms with Gasteiger partial charge in [-0.1, -0.05) is 35.9 Å². The molecule has 0 bridgehead atoms. The molecule has 2 amide bonds. The number of carbonyl (C=O) groups excluding carboxylic acids is 2. The fraction of sp³-hybridized carbons (Fsp3) is 0.222. The van der Waals surface area contributed by atoms with E-state index in [1.165, 1.54) is 17.8 Å². The molecule has 7 heteroatoms. The molecule has 2 aromatic rings. The third-order valence-electron chi connectivity index (χ3n) is 3.84. The molecule has 0 radical (unpaired) electrons. The average molecular weight is 379 g/mol. The molecule has 2 aromatic carbocycles. The number of hydrogen-bond acceptors (Lipinski definition) is 3. The number of hydrogen-bond donors (Lipinski definition) is 2. The molecule has 0 aromatic heterocycles. The van der Waals surface area contributed by atoms with E-state index in [1.54, 1.807) is 42.5 Å². The van der Waals surface area contributed by atoms with Gasteiger partial charge in [-0.25, -0.2) is 4.39 Å². The quantitative estimate of drug-likeness (QED) is 0.858. The van der Waals surface area contributed by atoms with Gasteiger partial charge in [-0.3, -0.25) is 9.59 Å². The van der Waals surface area contributed by atoms with Crippen molar-refractivity contribution in [2.75, 3.05) is 11.1 Å². The fourth-order valence-electron chi connectivity index (χ4n) is 2.55. The monoisotopic (exact) mass is 378 g/mol. The summed E-state index contributed by atoms with van der Waals surface area (Å²) in [5, 5.41) is 5.56. The summed E-state index contributed by atoms with van der Waals surface area (Å²) in [5.74, 6) is -0.452. The first kappa shape index (κ1) is 17.8. The minimum absolute atomic E-state index is 0.259. The van der Waals surface area contributed by atoms with Gasteiger partial charge < -0.3 is 10.6 Å². The smallest absolute Gasteiger partial charge is 0.247 e. The van der Waals surface area contributed by atoms with Crippen molar-refractivity contribution in [1.82, 2.24) is 5.32 Å². The van der Waals surface area contributed by atoms with Crippen LogP contribution in [0.4, 0.5) is 10.1 Å². The summed E-state index contributed by atoms with van der Waals surface area (Å²) in [6.45, 7) is 0. The molecule has 1 saturated heterocycles. The maximum atomic E-state index is 13.7. The molecular weight excluding hydrogens is 363 g/mol. The molecule has 0 unspecified atom stereocenters. The Morgan fingerprint density at radius 1 is 1.28 bits per heavy atom. The molecule has 0 saturated carbocycles. The van der Waals surface area contributed by atoms with Crippen LogP contribution in [0.2, 0.25) is 5.02 Å². The summed E-state index contributed by atoms with van der Waals surface area (Å²) in [4.78, 5) is 24.6. The van der Waals surface area contributed by atoms with Gasteiger partial charge in [-0.15, -0.1) is 11.8 Å². The number of anilines is 1. The zero-order valence-electron chi connectivity index (χ0n) is 13.2. The van der Waals surface area contributed by atoms with Crippen LogP contribution >= 0.6 is 23.4 Å². The van der Waals surface area contributed by atoms with Crippen LogP contribution in [0.1, 0.15) is 5.56 Å². The topological polar surface area (TPSA) is 58.2 Å². The number of thioether (sulfide) groups is 1. The zero-order valence-corrected chi connectivity index (χ0v) is 14.7. The summed E-state index contributed by atoms with van der Waals surface area (Å²) in [6, 6.07) is 12.6. The predicted molar refractivity (Wildman–Crippen MR) is 98.4 cm³/mol. The number of amides is 2. The van der Waals surface area contributed by atoms with Crippen molar-refractivity contribution in [3.8, 4) is 0 Å². The molecule has 1 fully saturated rings. The number of benzene rings is 2.